The monoisotopic (exact) mass is 1320 g/mol. The average molecular weight is 1330 g/mol. The van der Waals surface area contributed by atoms with Crippen molar-refractivity contribution in [1.82, 2.24) is 0 Å². The van der Waals surface area contributed by atoms with Gasteiger partial charge in [0.05, 0.1) is 26.4 Å². The van der Waals surface area contributed by atoms with Gasteiger partial charge in [-0.3, -0.25) is 37.3 Å². The van der Waals surface area contributed by atoms with Crippen LogP contribution in [0, 0.1) is 0 Å². The van der Waals surface area contributed by atoms with Crippen molar-refractivity contribution in [2.45, 2.75) is 393 Å². The van der Waals surface area contributed by atoms with E-state index in [1.165, 1.54) is 199 Å². The molecule has 0 saturated heterocycles. The molecule has 0 aromatic carbocycles. The Bertz CT molecular complexity index is 1720. The highest BCUT2D eigenvalue weighted by Crippen LogP contribution is 2.45. The van der Waals surface area contributed by atoms with E-state index < -0.39 is 97.5 Å². The van der Waals surface area contributed by atoms with E-state index >= 15 is 0 Å². The minimum absolute atomic E-state index is 0.105. The van der Waals surface area contributed by atoms with E-state index in [-0.39, 0.29) is 25.7 Å². The van der Waals surface area contributed by atoms with Crippen LogP contribution in [-0.2, 0) is 65.4 Å². The second-order valence-electron chi connectivity index (χ2n) is 25.6. The number of hydrogen-bond acceptors (Lipinski definition) is 15. The number of carbonyl (C=O) groups is 4. The molecule has 0 bridgehead atoms. The third kappa shape index (κ3) is 64.8. The number of hydrogen-bond donors (Lipinski definition) is 3. The molecule has 0 heterocycles. The zero-order chi connectivity index (χ0) is 66.1. The van der Waals surface area contributed by atoms with Crippen molar-refractivity contribution >= 4 is 39.5 Å². The molecule has 19 heteroatoms. The number of unbranched alkanes of at least 4 members (excludes halogenated alkanes) is 46. The highest BCUT2D eigenvalue weighted by Gasteiger charge is 2.30. The smallest absolute Gasteiger partial charge is 0.462 e. The van der Waals surface area contributed by atoms with E-state index in [0.717, 1.165) is 96.3 Å². The molecule has 17 nitrogen and oxygen atoms in total. The largest absolute Gasteiger partial charge is 0.472 e. The number of phosphoric ester groups is 2. The fraction of sp³-hybridized carbons (Fsp3) is 0.944. The first-order chi connectivity index (χ1) is 43.7. The Labute approximate surface area is 549 Å². The Kier molecular flexibility index (Phi) is 64.3. The first kappa shape index (κ1) is 88.1. The minimum atomic E-state index is -4.95. The highest BCUT2D eigenvalue weighted by atomic mass is 31.2. The van der Waals surface area contributed by atoms with E-state index in [9.17, 15) is 43.2 Å². The second-order valence-corrected chi connectivity index (χ2v) is 28.5. The van der Waals surface area contributed by atoms with Crippen LogP contribution in [-0.4, -0.2) is 96.7 Å². The first-order valence-corrected chi connectivity index (χ1v) is 40.3. The van der Waals surface area contributed by atoms with E-state index in [1.807, 2.05) is 0 Å². The molecule has 2 unspecified atom stereocenters. The molecular weight excluding hydrogens is 1190 g/mol. The molecule has 0 aromatic heterocycles. The summed E-state index contributed by atoms with van der Waals surface area (Å²) in [6, 6.07) is 0. The number of aliphatic hydroxyl groups excluding tert-OH is 1. The zero-order valence-electron chi connectivity index (χ0n) is 58.1. The van der Waals surface area contributed by atoms with Crippen LogP contribution in [0.25, 0.3) is 0 Å². The summed E-state index contributed by atoms with van der Waals surface area (Å²) in [7, 11) is -9.89. The molecule has 0 radical (unpaired) electrons. The summed E-state index contributed by atoms with van der Waals surface area (Å²) in [5.41, 5.74) is 0. The van der Waals surface area contributed by atoms with Crippen LogP contribution >= 0.6 is 15.6 Å². The number of ether oxygens (including phenoxy) is 4. The lowest BCUT2D eigenvalue weighted by atomic mass is 10.0. The van der Waals surface area contributed by atoms with E-state index in [1.54, 1.807) is 0 Å². The summed E-state index contributed by atoms with van der Waals surface area (Å²) in [4.78, 5) is 72.2. The molecule has 0 spiro atoms. The summed E-state index contributed by atoms with van der Waals surface area (Å²) in [6.07, 6.45) is 54.7. The lowest BCUT2D eigenvalue weighted by Crippen LogP contribution is -2.30. The van der Waals surface area contributed by atoms with Crippen LogP contribution in [0.3, 0.4) is 0 Å². The van der Waals surface area contributed by atoms with Crippen LogP contribution in [0.4, 0.5) is 0 Å². The van der Waals surface area contributed by atoms with Gasteiger partial charge >= 0.3 is 39.5 Å². The molecule has 0 fully saturated rings. The van der Waals surface area contributed by atoms with Gasteiger partial charge in [0, 0.05) is 25.7 Å². The molecule has 534 valence electrons. The number of esters is 4. The third-order valence-corrected chi connectivity index (χ3v) is 18.5. The molecular formula is C71H138O17P2. The van der Waals surface area contributed by atoms with Gasteiger partial charge in [-0.2, -0.15) is 0 Å². The van der Waals surface area contributed by atoms with Crippen LogP contribution in [0.15, 0.2) is 0 Å². The van der Waals surface area contributed by atoms with Crippen molar-refractivity contribution in [2.75, 3.05) is 39.6 Å². The maximum atomic E-state index is 13.0. The molecule has 3 N–H and O–H groups in total. The maximum absolute atomic E-state index is 13.0. The normalized spacial score (nSPS) is 14.0. The Morgan fingerprint density at radius 3 is 0.656 bits per heavy atom. The Morgan fingerprint density at radius 1 is 0.267 bits per heavy atom. The number of carbonyl (C=O) groups excluding carboxylic acids is 4. The summed E-state index contributed by atoms with van der Waals surface area (Å²) in [6.45, 7) is 4.84. The quantitative estimate of drug-likeness (QED) is 0.0222. The lowest BCUT2D eigenvalue weighted by Gasteiger charge is -2.21. The minimum Gasteiger partial charge on any atom is -0.462 e. The number of rotatable bonds is 72. The van der Waals surface area contributed by atoms with Gasteiger partial charge in [0.15, 0.2) is 12.2 Å². The molecule has 0 aromatic rings. The standard InChI is InChI=1S/C71H138O17P2/c1-5-9-13-17-20-23-25-27-29-30-31-32-33-34-36-38-40-43-46-50-54-58-71(76)88-67(62-82-69(74)56-52-48-44-42-39-37-35-28-26-24-21-18-14-10-6-2)64-86-90(79,80)84-60-65(72)59-83-89(77,78)85-63-66(61-81-68(73)55-51-47-16-12-8-4)87-70(75)57-53-49-45-41-22-19-15-11-7-3/h65-67,72H,5-64H2,1-4H3,(H,77,78)(H,79,80)/t65-,66+,67+/m0/s1. The summed E-state index contributed by atoms with van der Waals surface area (Å²) < 4.78 is 68.0. The van der Waals surface area contributed by atoms with Crippen molar-refractivity contribution in [3.05, 3.63) is 0 Å². The SMILES string of the molecule is CCCCCCCCCCCCCCCCCCCCCCCC(=O)O[C@H](COC(=O)CCCCCCCCCCCCCCCCC)COP(=O)(O)OC[C@@H](O)COP(=O)(O)OC[C@@H](COC(=O)CCCCCCC)OC(=O)CCCCCCCCCCC. The third-order valence-electron chi connectivity index (χ3n) is 16.6. The molecule has 0 saturated carbocycles. The highest BCUT2D eigenvalue weighted by molar-refractivity contribution is 7.47. The van der Waals surface area contributed by atoms with Gasteiger partial charge in [-0.05, 0) is 25.7 Å². The second kappa shape index (κ2) is 65.7. The van der Waals surface area contributed by atoms with Gasteiger partial charge in [0.1, 0.15) is 19.3 Å². The molecule has 0 amide bonds. The van der Waals surface area contributed by atoms with Crippen LogP contribution in [0.5, 0.6) is 0 Å². The molecule has 0 aliphatic rings. The molecule has 0 aliphatic heterocycles. The average Bonchev–Trinajstić information content (AvgIpc) is 3.74. The fourth-order valence-corrected chi connectivity index (χ4v) is 12.4. The van der Waals surface area contributed by atoms with Gasteiger partial charge in [0.25, 0.3) is 0 Å². The van der Waals surface area contributed by atoms with Crippen LogP contribution < -0.4 is 0 Å². The van der Waals surface area contributed by atoms with Gasteiger partial charge in [-0.25, -0.2) is 9.13 Å². The zero-order valence-corrected chi connectivity index (χ0v) is 59.9. The van der Waals surface area contributed by atoms with Crippen LogP contribution in [0.1, 0.15) is 374 Å². The van der Waals surface area contributed by atoms with Crippen molar-refractivity contribution in [3.8, 4) is 0 Å². The van der Waals surface area contributed by atoms with E-state index in [2.05, 4.69) is 27.7 Å². The molecule has 5 atom stereocenters. The van der Waals surface area contributed by atoms with Crippen molar-refractivity contribution < 1.29 is 80.2 Å². The first-order valence-electron chi connectivity index (χ1n) is 37.3. The molecule has 90 heavy (non-hydrogen) atoms. The summed E-state index contributed by atoms with van der Waals surface area (Å²) >= 11 is 0. The Hall–Kier alpha value is -1.94. The van der Waals surface area contributed by atoms with Gasteiger partial charge in [0.2, 0.25) is 0 Å². The topological polar surface area (TPSA) is 237 Å². The van der Waals surface area contributed by atoms with Gasteiger partial charge < -0.3 is 33.8 Å². The van der Waals surface area contributed by atoms with E-state index in [0.29, 0.717) is 25.7 Å². The van der Waals surface area contributed by atoms with Crippen LogP contribution in [0.2, 0.25) is 0 Å². The van der Waals surface area contributed by atoms with Crippen molar-refractivity contribution in [1.29, 1.82) is 0 Å². The number of phosphoric acid groups is 2. The number of aliphatic hydroxyl groups is 1. The Morgan fingerprint density at radius 2 is 0.444 bits per heavy atom. The predicted octanol–water partition coefficient (Wildman–Crippen LogP) is 20.7. The molecule has 0 rings (SSSR count). The maximum Gasteiger partial charge on any atom is 0.472 e. The Balaban J connectivity index is 5.10. The van der Waals surface area contributed by atoms with E-state index in [4.69, 9.17) is 37.0 Å². The summed E-state index contributed by atoms with van der Waals surface area (Å²) in [5, 5.41) is 10.5. The fourth-order valence-electron chi connectivity index (χ4n) is 10.9. The summed E-state index contributed by atoms with van der Waals surface area (Å²) in [5.74, 6) is -2.13. The molecule has 0 aliphatic carbocycles. The van der Waals surface area contributed by atoms with Crippen molar-refractivity contribution in [3.63, 3.8) is 0 Å². The predicted molar refractivity (Wildman–Crippen MR) is 363 cm³/mol. The lowest BCUT2D eigenvalue weighted by molar-refractivity contribution is -0.161. The van der Waals surface area contributed by atoms with Gasteiger partial charge in [-0.15, -0.1) is 0 Å². The van der Waals surface area contributed by atoms with Crippen molar-refractivity contribution in [2.24, 2.45) is 0 Å². The van der Waals surface area contributed by atoms with Gasteiger partial charge in [-0.1, -0.05) is 323 Å².